The van der Waals surface area contributed by atoms with Gasteiger partial charge in [-0.15, -0.1) is 0 Å². The fraction of sp³-hybridized carbons (Fsp3) is 0.200. The third kappa shape index (κ3) is 1.14. The van der Waals surface area contributed by atoms with Gasteiger partial charge in [-0.05, 0) is 32.0 Å². The molecular formula is C10H10IN. The monoisotopic (exact) mass is 271 g/mol. The number of hydrogen-bond donors (Lipinski definition) is 0. The minimum Gasteiger partial charge on any atom is -0.287 e. The Morgan fingerprint density at radius 1 is 1.17 bits per heavy atom. The maximum atomic E-state index is 2.33. The van der Waals surface area contributed by atoms with Crippen molar-refractivity contribution in [2.24, 2.45) is 0 Å². The molecule has 1 heterocycles. The van der Waals surface area contributed by atoms with Crippen molar-refractivity contribution in [1.82, 2.24) is 2.78 Å². The summed E-state index contributed by atoms with van der Waals surface area (Å²) in [5.74, 6) is 0. The first kappa shape index (κ1) is 8.10. The zero-order chi connectivity index (χ0) is 8.72. The van der Waals surface area contributed by atoms with Crippen molar-refractivity contribution < 1.29 is 0 Å². The minimum absolute atomic E-state index is 1.30. The lowest BCUT2D eigenvalue weighted by Crippen LogP contribution is -1.79. The lowest BCUT2D eigenvalue weighted by atomic mass is 10.2. The molecule has 12 heavy (non-hydrogen) atoms. The summed E-state index contributed by atoms with van der Waals surface area (Å²) in [6, 6.07) is 8.76. The van der Waals surface area contributed by atoms with Gasteiger partial charge >= 0.3 is 0 Å². The predicted octanol–water partition coefficient (Wildman–Crippen LogP) is 3.46. The molecule has 2 heteroatoms. The van der Waals surface area contributed by atoms with E-state index in [4.69, 9.17) is 0 Å². The number of nitrogens with zero attached hydrogens (tertiary/aromatic N) is 1. The Labute approximate surface area is 85.9 Å². The molecule has 0 aliphatic rings. The van der Waals surface area contributed by atoms with Gasteiger partial charge in [0, 0.05) is 11.1 Å². The zero-order valence-corrected chi connectivity index (χ0v) is 9.29. The van der Waals surface area contributed by atoms with Gasteiger partial charge < -0.3 is 0 Å². The van der Waals surface area contributed by atoms with E-state index < -0.39 is 0 Å². The quantitative estimate of drug-likeness (QED) is 0.647. The van der Waals surface area contributed by atoms with Crippen LogP contribution in [0.5, 0.6) is 0 Å². The van der Waals surface area contributed by atoms with Crippen molar-refractivity contribution in [1.29, 1.82) is 0 Å². The van der Waals surface area contributed by atoms with Crippen molar-refractivity contribution in [3.63, 3.8) is 0 Å². The first-order chi connectivity index (χ1) is 5.68. The Morgan fingerprint density at radius 2 is 1.92 bits per heavy atom. The summed E-state index contributed by atoms with van der Waals surface area (Å²) in [5.41, 5.74) is 3.93. The smallest absolute Gasteiger partial charge is 0.0643 e. The third-order valence-electron chi connectivity index (χ3n) is 2.07. The Bertz CT molecular complexity index is 429. The molecule has 0 N–H and O–H groups in total. The summed E-state index contributed by atoms with van der Waals surface area (Å²) >= 11 is 2.33. The van der Waals surface area contributed by atoms with E-state index >= 15 is 0 Å². The number of fused-ring (bicyclic) bond motifs is 1. The summed E-state index contributed by atoms with van der Waals surface area (Å²) < 4.78 is 2.19. The van der Waals surface area contributed by atoms with Crippen LogP contribution in [0.25, 0.3) is 10.9 Å². The van der Waals surface area contributed by atoms with E-state index in [0.717, 1.165) is 0 Å². The third-order valence-corrected chi connectivity index (χ3v) is 3.35. The summed E-state index contributed by atoms with van der Waals surface area (Å²) in [6.07, 6.45) is 0. The second-order valence-electron chi connectivity index (χ2n) is 3.13. The highest BCUT2D eigenvalue weighted by Crippen LogP contribution is 2.22. The highest BCUT2D eigenvalue weighted by molar-refractivity contribution is 14.1. The highest BCUT2D eigenvalue weighted by Gasteiger charge is 2.01. The van der Waals surface area contributed by atoms with E-state index in [0.29, 0.717) is 0 Å². The molecule has 0 spiro atoms. The van der Waals surface area contributed by atoms with Gasteiger partial charge in [0.2, 0.25) is 0 Å². The van der Waals surface area contributed by atoms with Crippen molar-refractivity contribution >= 4 is 33.8 Å². The number of rotatable bonds is 0. The van der Waals surface area contributed by atoms with Crippen molar-refractivity contribution in [2.75, 3.05) is 0 Å². The van der Waals surface area contributed by atoms with E-state index in [1.54, 1.807) is 0 Å². The lowest BCUT2D eigenvalue weighted by Gasteiger charge is -1.95. The summed E-state index contributed by atoms with van der Waals surface area (Å²) in [4.78, 5) is 0. The van der Waals surface area contributed by atoms with E-state index in [-0.39, 0.29) is 0 Å². The lowest BCUT2D eigenvalue weighted by molar-refractivity contribution is 1.26. The van der Waals surface area contributed by atoms with Gasteiger partial charge in [-0.3, -0.25) is 2.78 Å². The second-order valence-corrected chi connectivity index (χ2v) is 4.09. The molecule has 0 saturated heterocycles. The van der Waals surface area contributed by atoms with Gasteiger partial charge in [-0.1, -0.05) is 11.6 Å². The van der Waals surface area contributed by atoms with Crippen LogP contribution in [0.4, 0.5) is 0 Å². The average molecular weight is 271 g/mol. The molecule has 0 bridgehead atoms. The van der Waals surface area contributed by atoms with Gasteiger partial charge in [-0.2, -0.15) is 0 Å². The average Bonchev–Trinajstić information content (AvgIpc) is 2.28. The normalized spacial score (nSPS) is 10.9. The van der Waals surface area contributed by atoms with E-state index in [1.165, 1.54) is 22.2 Å². The molecule has 2 aromatic rings. The highest BCUT2D eigenvalue weighted by atomic mass is 127. The van der Waals surface area contributed by atoms with Gasteiger partial charge in [0.25, 0.3) is 0 Å². The van der Waals surface area contributed by atoms with E-state index in [9.17, 15) is 0 Å². The maximum absolute atomic E-state index is 2.33. The van der Waals surface area contributed by atoms with Crippen LogP contribution in [-0.2, 0) is 0 Å². The molecule has 1 nitrogen and oxygen atoms in total. The van der Waals surface area contributed by atoms with Gasteiger partial charge in [0.15, 0.2) is 0 Å². The summed E-state index contributed by atoms with van der Waals surface area (Å²) in [7, 11) is 0. The Kier molecular flexibility index (Phi) is 1.87. The maximum Gasteiger partial charge on any atom is 0.0643 e. The largest absolute Gasteiger partial charge is 0.287 e. The minimum atomic E-state index is 1.30. The fourth-order valence-corrected chi connectivity index (χ4v) is 2.02. The summed E-state index contributed by atoms with van der Waals surface area (Å²) in [6.45, 7) is 4.25. The van der Waals surface area contributed by atoms with Crippen LogP contribution in [0.3, 0.4) is 0 Å². The molecule has 1 aromatic carbocycles. The van der Waals surface area contributed by atoms with E-state index in [2.05, 4.69) is 63.8 Å². The molecule has 0 fully saturated rings. The van der Waals surface area contributed by atoms with Crippen molar-refractivity contribution in [3.05, 3.63) is 35.5 Å². The molecular weight excluding hydrogens is 261 g/mol. The predicted molar refractivity (Wildman–Crippen MR) is 60.8 cm³/mol. The van der Waals surface area contributed by atoms with Crippen LogP contribution >= 0.6 is 22.9 Å². The number of halogens is 1. The van der Waals surface area contributed by atoms with Crippen LogP contribution in [0.1, 0.15) is 11.3 Å². The van der Waals surface area contributed by atoms with Crippen LogP contribution in [0.15, 0.2) is 24.3 Å². The van der Waals surface area contributed by atoms with Crippen molar-refractivity contribution in [3.8, 4) is 0 Å². The number of aromatic nitrogens is 1. The standard InChI is InChI=1S/C10H10IN/c1-7-3-4-10-9(5-7)6-8(2)12(10)11/h3-6H,1-2H3. The van der Waals surface area contributed by atoms with Crippen LogP contribution in [-0.4, -0.2) is 2.78 Å². The number of aryl methyl sites for hydroxylation is 2. The summed E-state index contributed by atoms with van der Waals surface area (Å²) in [5, 5.41) is 1.34. The molecule has 0 aliphatic heterocycles. The molecule has 0 saturated carbocycles. The second kappa shape index (κ2) is 2.76. The number of benzene rings is 1. The molecule has 62 valence electrons. The fourth-order valence-electron chi connectivity index (χ4n) is 1.44. The van der Waals surface area contributed by atoms with Crippen LogP contribution in [0, 0.1) is 13.8 Å². The topological polar surface area (TPSA) is 4.93 Å². The Hall–Kier alpha value is -0.510. The SMILES string of the molecule is Cc1ccc2c(c1)cc(C)n2I. The molecule has 0 unspecified atom stereocenters. The molecule has 0 atom stereocenters. The molecule has 0 aliphatic carbocycles. The first-order valence-corrected chi connectivity index (χ1v) is 4.90. The van der Waals surface area contributed by atoms with Crippen LogP contribution in [0.2, 0.25) is 0 Å². The Balaban J connectivity index is 2.87. The molecule has 1 aromatic heterocycles. The molecule has 0 amide bonds. The molecule has 0 radical (unpaired) electrons. The molecule has 2 rings (SSSR count). The van der Waals surface area contributed by atoms with Gasteiger partial charge in [-0.25, -0.2) is 0 Å². The zero-order valence-electron chi connectivity index (χ0n) is 7.13. The van der Waals surface area contributed by atoms with Crippen molar-refractivity contribution in [2.45, 2.75) is 13.8 Å². The van der Waals surface area contributed by atoms with Gasteiger partial charge in [0.05, 0.1) is 28.4 Å². The first-order valence-electron chi connectivity index (χ1n) is 3.93. The van der Waals surface area contributed by atoms with E-state index in [1.807, 2.05) is 0 Å². The number of hydrogen-bond acceptors (Lipinski definition) is 0. The Morgan fingerprint density at radius 3 is 2.67 bits per heavy atom. The van der Waals surface area contributed by atoms with Gasteiger partial charge in [0.1, 0.15) is 0 Å². The van der Waals surface area contributed by atoms with Crippen LogP contribution < -0.4 is 0 Å².